The molecule has 1 aromatic heterocycles. The third-order valence-electron chi connectivity index (χ3n) is 5.86. The predicted octanol–water partition coefficient (Wildman–Crippen LogP) is 4.72. The van der Waals surface area contributed by atoms with Crippen LogP contribution in [0.2, 0.25) is 0 Å². The van der Waals surface area contributed by atoms with E-state index in [9.17, 15) is 9.59 Å². The zero-order valence-electron chi connectivity index (χ0n) is 17.5. The van der Waals surface area contributed by atoms with Crippen LogP contribution in [0.4, 0.5) is 5.13 Å². The molecular formula is C24H27N3O2S. The third-order valence-corrected chi connectivity index (χ3v) is 6.97. The Labute approximate surface area is 181 Å². The molecule has 2 heterocycles. The van der Waals surface area contributed by atoms with E-state index in [1.54, 1.807) is 0 Å². The second-order valence-electron chi connectivity index (χ2n) is 8.03. The number of likely N-dealkylation sites (tertiary alicyclic amines) is 1. The van der Waals surface area contributed by atoms with E-state index in [0.29, 0.717) is 37.5 Å². The van der Waals surface area contributed by atoms with Crippen LogP contribution in [0.15, 0.2) is 42.5 Å². The van der Waals surface area contributed by atoms with Crippen molar-refractivity contribution in [3.05, 3.63) is 59.2 Å². The van der Waals surface area contributed by atoms with Crippen LogP contribution in [-0.4, -0.2) is 34.8 Å². The number of fused-ring (bicyclic) bond motifs is 1. The number of hydrogen-bond acceptors (Lipinski definition) is 4. The molecule has 5 nitrogen and oxygen atoms in total. The van der Waals surface area contributed by atoms with Gasteiger partial charge in [0.1, 0.15) is 0 Å². The molecule has 2 amide bonds. The Bertz CT molecular complexity index is 1010. The average molecular weight is 422 g/mol. The van der Waals surface area contributed by atoms with Crippen molar-refractivity contribution in [3.63, 3.8) is 0 Å². The monoisotopic (exact) mass is 421 g/mol. The first-order chi connectivity index (χ1) is 14.5. The summed E-state index contributed by atoms with van der Waals surface area (Å²) in [6, 6.07) is 14.2. The number of aromatic nitrogens is 1. The summed E-state index contributed by atoms with van der Waals surface area (Å²) in [5.41, 5.74) is 4.45. The van der Waals surface area contributed by atoms with E-state index in [1.165, 1.54) is 22.5 Å². The van der Waals surface area contributed by atoms with E-state index in [-0.39, 0.29) is 17.7 Å². The molecular weight excluding hydrogens is 394 g/mol. The molecule has 0 bridgehead atoms. The number of nitrogens with zero attached hydrogens (tertiary/aromatic N) is 2. The Hall–Kier alpha value is -2.73. The number of amides is 2. The minimum Gasteiger partial charge on any atom is -0.343 e. The molecule has 1 aliphatic heterocycles. The molecule has 0 radical (unpaired) electrons. The maximum Gasteiger partial charge on any atom is 0.229 e. The summed E-state index contributed by atoms with van der Waals surface area (Å²) in [6.07, 6.45) is 2.68. The molecule has 0 spiro atoms. The standard InChI is InChI=1S/C24H27N3O2S/c1-16-8-9-17(2)22-21(16)25-24(30-22)26-23(29)19-12-14-27(15-13-19)20(28)11-10-18-6-4-3-5-7-18/h3-9,19H,10-15H2,1-2H3,(H,25,26,29). The van der Waals surface area contributed by atoms with Crippen LogP contribution in [0.5, 0.6) is 0 Å². The zero-order valence-corrected chi connectivity index (χ0v) is 18.3. The lowest BCUT2D eigenvalue weighted by molar-refractivity contribution is -0.134. The molecule has 6 heteroatoms. The van der Waals surface area contributed by atoms with Crippen LogP contribution >= 0.6 is 11.3 Å². The summed E-state index contributed by atoms with van der Waals surface area (Å²) in [5.74, 6) is 0.118. The van der Waals surface area contributed by atoms with Crippen molar-refractivity contribution in [1.82, 2.24) is 9.88 Å². The first-order valence-corrected chi connectivity index (χ1v) is 11.3. The maximum atomic E-state index is 12.8. The number of hydrogen-bond donors (Lipinski definition) is 1. The highest BCUT2D eigenvalue weighted by molar-refractivity contribution is 7.22. The van der Waals surface area contributed by atoms with Crippen LogP contribution in [0.1, 0.15) is 36.0 Å². The van der Waals surface area contributed by atoms with Gasteiger partial charge in [0.15, 0.2) is 5.13 Å². The molecule has 2 aromatic carbocycles. The van der Waals surface area contributed by atoms with Crippen molar-refractivity contribution in [3.8, 4) is 0 Å². The molecule has 156 valence electrons. The fourth-order valence-corrected chi connectivity index (χ4v) is 4.98. The topological polar surface area (TPSA) is 62.3 Å². The predicted molar refractivity (Wildman–Crippen MR) is 122 cm³/mol. The average Bonchev–Trinajstić information content (AvgIpc) is 3.20. The zero-order chi connectivity index (χ0) is 21.1. The lowest BCUT2D eigenvalue weighted by Crippen LogP contribution is -2.41. The van der Waals surface area contributed by atoms with Gasteiger partial charge in [0.25, 0.3) is 0 Å². The fraction of sp³-hybridized carbons (Fsp3) is 0.375. The highest BCUT2D eigenvalue weighted by Gasteiger charge is 2.27. The Kier molecular flexibility index (Phi) is 6.13. The van der Waals surface area contributed by atoms with Crippen molar-refractivity contribution in [2.24, 2.45) is 5.92 Å². The second-order valence-corrected chi connectivity index (χ2v) is 9.03. The van der Waals surface area contributed by atoms with Crippen molar-refractivity contribution in [2.75, 3.05) is 18.4 Å². The van der Waals surface area contributed by atoms with Gasteiger partial charge in [0.05, 0.1) is 10.2 Å². The summed E-state index contributed by atoms with van der Waals surface area (Å²) in [4.78, 5) is 31.8. The number of thiazole rings is 1. The summed E-state index contributed by atoms with van der Waals surface area (Å²) >= 11 is 1.53. The van der Waals surface area contributed by atoms with E-state index < -0.39 is 0 Å². The molecule has 30 heavy (non-hydrogen) atoms. The highest BCUT2D eigenvalue weighted by Crippen LogP contribution is 2.31. The lowest BCUT2D eigenvalue weighted by Gasteiger charge is -2.31. The first-order valence-electron chi connectivity index (χ1n) is 10.5. The van der Waals surface area contributed by atoms with E-state index in [4.69, 9.17) is 0 Å². The number of anilines is 1. The van der Waals surface area contributed by atoms with Gasteiger partial charge < -0.3 is 10.2 Å². The van der Waals surface area contributed by atoms with E-state index >= 15 is 0 Å². The maximum absolute atomic E-state index is 12.8. The molecule has 0 aliphatic carbocycles. The molecule has 0 saturated carbocycles. The Morgan fingerprint density at radius 2 is 1.77 bits per heavy atom. The Morgan fingerprint density at radius 3 is 2.47 bits per heavy atom. The highest BCUT2D eigenvalue weighted by atomic mass is 32.1. The number of benzene rings is 2. The number of piperidine rings is 1. The van der Waals surface area contributed by atoms with Gasteiger partial charge in [-0.2, -0.15) is 0 Å². The molecule has 1 aliphatic rings. The van der Waals surface area contributed by atoms with E-state index in [0.717, 1.165) is 22.2 Å². The van der Waals surface area contributed by atoms with Gasteiger partial charge in [0, 0.05) is 25.4 Å². The van der Waals surface area contributed by atoms with Gasteiger partial charge in [-0.1, -0.05) is 53.8 Å². The van der Waals surface area contributed by atoms with Gasteiger partial charge in [0.2, 0.25) is 11.8 Å². The minimum atomic E-state index is -0.0719. The van der Waals surface area contributed by atoms with Crippen molar-refractivity contribution in [1.29, 1.82) is 0 Å². The third kappa shape index (κ3) is 4.54. The summed E-state index contributed by atoms with van der Waals surface area (Å²) < 4.78 is 1.13. The normalized spacial score (nSPS) is 14.8. The smallest absolute Gasteiger partial charge is 0.229 e. The van der Waals surface area contributed by atoms with E-state index in [1.807, 2.05) is 30.0 Å². The summed E-state index contributed by atoms with van der Waals surface area (Å²) in [6.45, 7) is 5.39. The molecule has 0 unspecified atom stereocenters. The molecule has 1 N–H and O–H groups in total. The van der Waals surface area contributed by atoms with Crippen LogP contribution in [0.3, 0.4) is 0 Å². The number of rotatable bonds is 5. The van der Waals surface area contributed by atoms with Crippen molar-refractivity contribution >= 4 is 38.5 Å². The van der Waals surface area contributed by atoms with Gasteiger partial charge in [-0.25, -0.2) is 4.98 Å². The van der Waals surface area contributed by atoms with Gasteiger partial charge in [-0.3, -0.25) is 9.59 Å². The van der Waals surface area contributed by atoms with E-state index in [2.05, 4.69) is 41.5 Å². The van der Waals surface area contributed by atoms with Crippen molar-refractivity contribution in [2.45, 2.75) is 39.5 Å². The molecule has 3 aromatic rings. The van der Waals surface area contributed by atoms with Gasteiger partial charge in [-0.05, 0) is 49.8 Å². The first kappa shape index (κ1) is 20.5. The lowest BCUT2D eigenvalue weighted by atomic mass is 9.95. The number of carbonyl (C=O) groups excluding carboxylic acids is 2. The Balaban J connectivity index is 1.29. The molecule has 0 atom stereocenters. The summed E-state index contributed by atoms with van der Waals surface area (Å²) in [7, 11) is 0. The van der Waals surface area contributed by atoms with Gasteiger partial charge in [-0.15, -0.1) is 0 Å². The number of carbonyl (C=O) groups is 2. The largest absolute Gasteiger partial charge is 0.343 e. The minimum absolute atomic E-state index is 0.0146. The van der Waals surface area contributed by atoms with Gasteiger partial charge >= 0.3 is 0 Å². The Morgan fingerprint density at radius 1 is 1.07 bits per heavy atom. The van der Waals surface area contributed by atoms with Crippen LogP contribution in [-0.2, 0) is 16.0 Å². The van der Waals surface area contributed by atoms with Crippen LogP contribution in [0, 0.1) is 19.8 Å². The van der Waals surface area contributed by atoms with Crippen LogP contribution in [0.25, 0.3) is 10.2 Å². The van der Waals surface area contributed by atoms with Crippen molar-refractivity contribution < 1.29 is 9.59 Å². The molecule has 4 rings (SSSR count). The fourth-order valence-electron chi connectivity index (χ4n) is 3.97. The molecule has 1 saturated heterocycles. The number of nitrogens with one attached hydrogen (secondary N) is 1. The second kappa shape index (κ2) is 8.96. The summed E-state index contributed by atoms with van der Waals surface area (Å²) in [5, 5.41) is 3.67. The van der Waals surface area contributed by atoms with Crippen LogP contribution < -0.4 is 5.32 Å². The number of aryl methyl sites for hydroxylation is 3. The molecule has 1 fully saturated rings. The SMILES string of the molecule is Cc1ccc(C)c2sc(NC(=O)C3CCN(C(=O)CCc4ccccc4)CC3)nc12. The quantitative estimate of drug-likeness (QED) is 0.648.